The molecular formula is C30H53O8P. The molecule has 0 amide bonds. The van der Waals surface area contributed by atoms with Crippen molar-refractivity contribution in [1.29, 1.82) is 0 Å². The van der Waals surface area contributed by atoms with Crippen molar-refractivity contribution < 1.29 is 37.3 Å². The molecule has 1 aromatic carbocycles. The summed E-state index contributed by atoms with van der Waals surface area (Å²) in [6.07, 6.45) is 11.5. The number of hydrogen-bond donors (Lipinski definition) is 0. The highest BCUT2D eigenvalue weighted by atomic mass is 31.2. The number of benzene rings is 1. The van der Waals surface area contributed by atoms with E-state index in [4.69, 9.17) is 32.7 Å². The minimum absolute atomic E-state index is 0.196. The summed E-state index contributed by atoms with van der Waals surface area (Å²) in [4.78, 5) is 0. The fourth-order valence-electron chi connectivity index (χ4n) is 4.46. The van der Waals surface area contributed by atoms with Gasteiger partial charge in [0, 0.05) is 13.0 Å². The van der Waals surface area contributed by atoms with Gasteiger partial charge >= 0.3 is 7.60 Å². The van der Waals surface area contributed by atoms with Crippen LogP contribution < -0.4 is 10.0 Å². The summed E-state index contributed by atoms with van der Waals surface area (Å²) in [5, 5.41) is 0.490. The Morgan fingerprint density at radius 2 is 1.36 bits per heavy atom. The van der Waals surface area contributed by atoms with Crippen LogP contribution >= 0.6 is 7.60 Å². The molecule has 0 radical (unpaired) electrons. The van der Waals surface area contributed by atoms with Gasteiger partial charge in [0.15, 0.2) is 0 Å². The van der Waals surface area contributed by atoms with E-state index in [1.807, 2.05) is 26.0 Å². The molecule has 8 nitrogen and oxygen atoms in total. The molecule has 0 spiro atoms. The van der Waals surface area contributed by atoms with E-state index in [0.29, 0.717) is 70.3 Å². The monoisotopic (exact) mass is 572 g/mol. The molecule has 1 aromatic rings. The summed E-state index contributed by atoms with van der Waals surface area (Å²) >= 11 is 0. The molecule has 0 saturated carbocycles. The highest BCUT2D eigenvalue weighted by Crippen LogP contribution is 2.49. The maximum atomic E-state index is 13.8. The zero-order chi connectivity index (χ0) is 28.0. The highest BCUT2D eigenvalue weighted by molar-refractivity contribution is 7.62. The average Bonchev–Trinajstić information content (AvgIpc) is 2.96. The van der Waals surface area contributed by atoms with Crippen molar-refractivity contribution in [2.24, 2.45) is 0 Å². The lowest BCUT2D eigenvalue weighted by Gasteiger charge is -2.23. The first-order valence-corrected chi connectivity index (χ1v) is 16.7. The van der Waals surface area contributed by atoms with Crippen LogP contribution in [0.15, 0.2) is 18.2 Å². The van der Waals surface area contributed by atoms with Crippen molar-refractivity contribution >= 4 is 12.9 Å². The van der Waals surface area contributed by atoms with Crippen LogP contribution in [0.5, 0.6) is 5.75 Å². The predicted molar refractivity (Wildman–Crippen MR) is 156 cm³/mol. The molecule has 1 fully saturated rings. The van der Waals surface area contributed by atoms with Crippen LogP contribution in [0.4, 0.5) is 0 Å². The fourth-order valence-corrected chi connectivity index (χ4v) is 6.23. The van der Waals surface area contributed by atoms with E-state index in [-0.39, 0.29) is 19.3 Å². The van der Waals surface area contributed by atoms with Crippen molar-refractivity contribution in [3.63, 3.8) is 0 Å². The summed E-state index contributed by atoms with van der Waals surface area (Å²) in [6.45, 7) is 10.4. The minimum atomic E-state index is -3.53. The summed E-state index contributed by atoms with van der Waals surface area (Å²) in [6, 6.07) is 5.91. The van der Waals surface area contributed by atoms with E-state index >= 15 is 0 Å². The van der Waals surface area contributed by atoms with Gasteiger partial charge in [-0.05, 0) is 44.4 Å². The van der Waals surface area contributed by atoms with Crippen molar-refractivity contribution in [2.75, 3.05) is 66.1 Å². The third-order valence-electron chi connectivity index (χ3n) is 6.57. The maximum Gasteiger partial charge on any atom is 0.365 e. The van der Waals surface area contributed by atoms with Gasteiger partial charge in [-0.15, -0.1) is 0 Å². The van der Waals surface area contributed by atoms with Crippen LogP contribution in [0, 0.1) is 0 Å². The van der Waals surface area contributed by atoms with Crippen LogP contribution in [0.2, 0.25) is 0 Å². The third-order valence-corrected chi connectivity index (χ3v) is 8.71. The molecule has 0 aliphatic carbocycles. The van der Waals surface area contributed by atoms with E-state index < -0.39 is 7.60 Å². The van der Waals surface area contributed by atoms with Gasteiger partial charge in [-0.1, -0.05) is 57.9 Å². The van der Waals surface area contributed by atoms with Gasteiger partial charge < -0.3 is 32.7 Å². The molecule has 1 aliphatic heterocycles. The standard InChI is InChI=1S/C30H53O8P/c1-4-7-8-9-10-11-12-13-14-27-15-16-29(30(25-27)39(31,37-5-2)38-6-3)36-26-28-17-18-32-19-20-33-21-22-34-23-24-35-28/h15-16,25,28H,4-14,17-24,26H2,1-3H3. The van der Waals surface area contributed by atoms with Gasteiger partial charge in [-0.2, -0.15) is 0 Å². The molecular weight excluding hydrogens is 519 g/mol. The van der Waals surface area contributed by atoms with Gasteiger partial charge in [0.25, 0.3) is 0 Å². The smallest absolute Gasteiger partial charge is 0.365 e. The van der Waals surface area contributed by atoms with Crippen LogP contribution in [0.25, 0.3) is 0 Å². The van der Waals surface area contributed by atoms with E-state index in [1.54, 1.807) is 0 Å². The number of rotatable bonds is 17. The normalized spacial score (nSPS) is 18.2. The maximum absolute atomic E-state index is 13.8. The molecule has 1 atom stereocenters. The second kappa shape index (κ2) is 21.7. The topological polar surface area (TPSA) is 81.7 Å². The van der Waals surface area contributed by atoms with Crippen LogP contribution in [0.1, 0.15) is 84.1 Å². The lowest BCUT2D eigenvalue weighted by molar-refractivity contribution is -0.0276. The second-order valence-corrected chi connectivity index (χ2v) is 11.8. The number of ether oxygens (including phenoxy) is 5. The van der Waals surface area contributed by atoms with E-state index in [2.05, 4.69) is 13.0 Å². The zero-order valence-electron chi connectivity index (χ0n) is 24.7. The summed E-state index contributed by atoms with van der Waals surface area (Å²) < 4.78 is 54.2. The Bertz CT molecular complexity index is 766. The van der Waals surface area contributed by atoms with E-state index in [1.165, 1.54) is 44.9 Å². The van der Waals surface area contributed by atoms with E-state index in [9.17, 15) is 4.57 Å². The first-order chi connectivity index (χ1) is 19.1. The Morgan fingerprint density at radius 3 is 2.00 bits per heavy atom. The number of aryl methyl sites for hydroxylation is 1. The number of hydrogen-bond acceptors (Lipinski definition) is 8. The lowest BCUT2D eigenvalue weighted by atomic mass is 10.0. The third kappa shape index (κ3) is 14.5. The molecule has 0 bridgehead atoms. The van der Waals surface area contributed by atoms with Crippen LogP contribution in [0.3, 0.4) is 0 Å². The van der Waals surface area contributed by atoms with Gasteiger partial charge in [0.2, 0.25) is 0 Å². The molecule has 0 aromatic heterocycles. The molecule has 1 aliphatic rings. The van der Waals surface area contributed by atoms with Gasteiger partial charge in [-0.3, -0.25) is 4.57 Å². The molecule has 1 saturated heterocycles. The Balaban J connectivity index is 2.04. The average molecular weight is 573 g/mol. The molecule has 1 unspecified atom stereocenters. The molecule has 9 heteroatoms. The van der Waals surface area contributed by atoms with Crippen molar-refractivity contribution in [1.82, 2.24) is 0 Å². The first kappa shape index (κ1) is 34.2. The summed E-state index contributed by atoms with van der Waals surface area (Å²) in [5.41, 5.74) is 1.12. The van der Waals surface area contributed by atoms with Crippen molar-refractivity contribution in [3.05, 3.63) is 23.8 Å². The lowest BCUT2D eigenvalue weighted by Crippen LogP contribution is -2.27. The second-order valence-electron chi connectivity index (χ2n) is 9.79. The largest absolute Gasteiger partial charge is 0.490 e. The molecule has 2 rings (SSSR count). The molecule has 0 N–H and O–H groups in total. The molecule has 1 heterocycles. The fraction of sp³-hybridized carbons (Fsp3) is 0.800. The van der Waals surface area contributed by atoms with Gasteiger partial charge in [-0.25, -0.2) is 0 Å². The Kier molecular flexibility index (Phi) is 19.1. The minimum Gasteiger partial charge on any atom is -0.490 e. The van der Waals surface area contributed by atoms with Crippen molar-refractivity contribution in [3.8, 4) is 5.75 Å². The Hall–Kier alpha value is -0.990. The summed E-state index contributed by atoms with van der Waals surface area (Å²) in [7, 11) is -3.53. The quantitative estimate of drug-likeness (QED) is 0.155. The molecule has 39 heavy (non-hydrogen) atoms. The number of unbranched alkanes of at least 4 members (excludes halogenated alkanes) is 7. The van der Waals surface area contributed by atoms with Crippen LogP contribution in [-0.2, 0) is 39.0 Å². The van der Waals surface area contributed by atoms with Gasteiger partial charge in [0.1, 0.15) is 17.7 Å². The zero-order valence-corrected chi connectivity index (χ0v) is 25.6. The summed E-state index contributed by atoms with van der Waals surface area (Å²) in [5.74, 6) is 0.511. The Labute approximate surface area is 236 Å². The van der Waals surface area contributed by atoms with Crippen LogP contribution in [-0.4, -0.2) is 72.2 Å². The van der Waals surface area contributed by atoms with Gasteiger partial charge in [0.05, 0.1) is 59.0 Å². The predicted octanol–water partition coefficient (Wildman–Crippen LogP) is 6.48. The SMILES string of the molecule is CCCCCCCCCCc1ccc(OCC2CCOCCOCCOCCO2)c(P(=O)(OCC)OCC)c1. The van der Waals surface area contributed by atoms with Crippen molar-refractivity contribution in [2.45, 2.75) is 91.1 Å². The highest BCUT2D eigenvalue weighted by Gasteiger charge is 2.31. The van der Waals surface area contributed by atoms with E-state index in [0.717, 1.165) is 18.4 Å². The Morgan fingerprint density at radius 1 is 0.769 bits per heavy atom. The first-order valence-electron chi connectivity index (χ1n) is 15.1. The molecule has 226 valence electrons.